The van der Waals surface area contributed by atoms with Crippen molar-refractivity contribution in [2.75, 3.05) is 19.0 Å². The second-order valence-corrected chi connectivity index (χ2v) is 8.31. The van der Waals surface area contributed by atoms with E-state index in [2.05, 4.69) is 20.5 Å². The quantitative estimate of drug-likeness (QED) is 0.389. The monoisotopic (exact) mass is 469 g/mol. The molecule has 0 unspecified atom stereocenters. The van der Waals surface area contributed by atoms with Crippen LogP contribution in [0.2, 0.25) is 0 Å². The summed E-state index contributed by atoms with van der Waals surface area (Å²) < 4.78 is 9.09. The van der Waals surface area contributed by atoms with Gasteiger partial charge >= 0.3 is 5.69 Å². The van der Waals surface area contributed by atoms with Crippen molar-refractivity contribution in [2.24, 2.45) is 0 Å². The Morgan fingerprint density at radius 3 is 2.64 bits per heavy atom. The van der Waals surface area contributed by atoms with E-state index in [9.17, 15) is 14.4 Å². The van der Waals surface area contributed by atoms with Crippen molar-refractivity contribution in [3.8, 4) is 0 Å². The molecule has 1 amide bonds. The molecule has 0 aliphatic carbocycles. The highest BCUT2D eigenvalue weighted by Gasteiger charge is 2.20. The summed E-state index contributed by atoms with van der Waals surface area (Å²) in [6, 6.07) is 9.37. The van der Waals surface area contributed by atoms with E-state index in [4.69, 9.17) is 4.74 Å². The Kier molecular flexibility index (Phi) is 6.75. The lowest BCUT2D eigenvalue weighted by atomic mass is 10.2. The zero-order chi connectivity index (χ0) is 23.4. The molecule has 0 atom stereocenters. The Labute approximate surface area is 192 Å². The highest BCUT2D eigenvalue weighted by molar-refractivity contribution is 7.15. The predicted molar refractivity (Wildman–Crippen MR) is 124 cm³/mol. The summed E-state index contributed by atoms with van der Waals surface area (Å²) in [5.74, 6) is -0.540. The number of nitrogens with zero attached hydrogens (tertiary/aromatic N) is 6. The molecule has 3 aromatic heterocycles. The fourth-order valence-electron chi connectivity index (χ4n) is 3.40. The van der Waals surface area contributed by atoms with Crippen LogP contribution in [0.5, 0.6) is 0 Å². The summed E-state index contributed by atoms with van der Waals surface area (Å²) in [5, 5.41) is 11.6. The first-order valence-electron chi connectivity index (χ1n) is 10.3. The van der Waals surface area contributed by atoms with Gasteiger partial charge in [-0.25, -0.2) is 14.3 Å². The number of hydrogen-bond acceptors (Lipinski definition) is 8. The van der Waals surface area contributed by atoms with Crippen LogP contribution in [0.25, 0.3) is 11.2 Å². The average molecular weight is 470 g/mol. The number of hydrogen-bond donors (Lipinski definition) is 1. The van der Waals surface area contributed by atoms with Gasteiger partial charge in [0.2, 0.25) is 11.0 Å². The third-order valence-corrected chi connectivity index (χ3v) is 6.00. The number of imidazole rings is 1. The molecule has 172 valence electrons. The summed E-state index contributed by atoms with van der Waals surface area (Å²) in [6.45, 7) is 2.42. The molecule has 1 N–H and O–H groups in total. The first-order valence-corrected chi connectivity index (χ1v) is 11.2. The summed E-state index contributed by atoms with van der Waals surface area (Å²) in [5.41, 5.74) is 0.158. The van der Waals surface area contributed by atoms with Gasteiger partial charge in [0.05, 0.1) is 19.5 Å². The summed E-state index contributed by atoms with van der Waals surface area (Å²) >= 11 is 1.25. The van der Waals surface area contributed by atoms with Gasteiger partial charge in [0.15, 0.2) is 11.2 Å². The highest BCUT2D eigenvalue weighted by Crippen LogP contribution is 2.15. The predicted octanol–water partition coefficient (Wildman–Crippen LogP) is 1.11. The molecule has 0 fully saturated rings. The fourth-order valence-corrected chi connectivity index (χ4v) is 4.09. The molecule has 0 bridgehead atoms. The van der Waals surface area contributed by atoms with Gasteiger partial charge in [-0.05, 0) is 12.0 Å². The maximum Gasteiger partial charge on any atom is 0.333 e. The lowest BCUT2D eigenvalue weighted by Gasteiger charge is -2.12. The number of fused-ring (bicyclic) bond motifs is 1. The zero-order valence-corrected chi connectivity index (χ0v) is 19.0. The largest absolute Gasteiger partial charge is 0.383 e. The third kappa shape index (κ3) is 4.76. The Balaban J connectivity index is 1.76. The molecule has 11 nitrogen and oxygen atoms in total. The molecule has 4 aromatic rings. The Morgan fingerprint density at radius 2 is 1.94 bits per heavy atom. The van der Waals surface area contributed by atoms with Crippen LogP contribution in [0, 0.1) is 0 Å². The van der Waals surface area contributed by atoms with E-state index >= 15 is 0 Å². The van der Waals surface area contributed by atoms with Crippen LogP contribution in [0.4, 0.5) is 5.13 Å². The Hall–Kier alpha value is -3.64. The van der Waals surface area contributed by atoms with Crippen molar-refractivity contribution in [2.45, 2.75) is 33.0 Å². The second-order valence-electron chi connectivity index (χ2n) is 7.25. The smallest absolute Gasteiger partial charge is 0.333 e. The van der Waals surface area contributed by atoms with Crippen LogP contribution < -0.4 is 16.6 Å². The number of carbonyl (C=O) groups excluding carboxylic acids is 1. The number of aryl methyl sites for hydroxylation is 1. The molecule has 1 aromatic carbocycles. The highest BCUT2D eigenvalue weighted by atomic mass is 32.1. The molecule has 0 saturated carbocycles. The van der Waals surface area contributed by atoms with Crippen LogP contribution in [0.1, 0.15) is 17.5 Å². The van der Waals surface area contributed by atoms with Crippen molar-refractivity contribution >= 4 is 33.5 Å². The van der Waals surface area contributed by atoms with Gasteiger partial charge in [0.25, 0.3) is 5.56 Å². The first kappa shape index (κ1) is 22.6. The number of anilines is 1. The second kappa shape index (κ2) is 9.88. The van der Waals surface area contributed by atoms with Crippen molar-refractivity contribution < 1.29 is 9.53 Å². The maximum atomic E-state index is 13.3. The molecule has 0 aliphatic heterocycles. The number of aromatic nitrogens is 6. The van der Waals surface area contributed by atoms with E-state index in [0.717, 1.165) is 15.1 Å². The standard InChI is InChI=1S/C21H23N7O4S/c1-3-16-24-25-20(33-16)23-15(29)12-28-19(30)17-18(22-13-26(17)9-10-32-2)27(21(28)31)11-14-7-5-4-6-8-14/h4-8,13H,3,9-12H2,1-2H3,(H,23,25,29). The third-order valence-electron chi connectivity index (χ3n) is 5.02. The van der Waals surface area contributed by atoms with Gasteiger partial charge in [-0.2, -0.15) is 0 Å². The van der Waals surface area contributed by atoms with E-state index in [1.807, 2.05) is 37.3 Å². The normalized spacial score (nSPS) is 11.2. The SMILES string of the molecule is CCc1nnc(NC(=O)Cn2c(=O)c3c(ncn3CCOC)n(Cc3ccccc3)c2=O)s1. The van der Waals surface area contributed by atoms with E-state index in [0.29, 0.717) is 24.7 Å². The van der Waals surface area contributed by atoms with Gasteiger partial charge in [0.1, 0.15) is 11.6 Å². The molecule has 0 aliphatic rings. The van der Waals surface area contributed by atoms with Crippen LogP contribution >= 0.6 is 11.3 Å². The zero-order valence-electron chi connectivity index (χ0n) is 18.2. The molecule has 0 spiro atoms. The average Bonchev–Trinajstić information content (AvgIpc) is 3.45. The number of methoxy groups -OCH3 is 1. The molecule has 3 heterocycles. The number of benzene rings is 1. The fraction of sp³-hybridized carbons (Fsp3) is 0.333. The molecule has 0 saturated heterocycles. The lowest BCUT2D eigenvalue weighted by molar-refractivity contribution is -0.116. The van der Waals surface area contributed by atoms with Crippen LogP contribution in [0.3, 0.4) is 0 Å². The topological polar surface area (TPSA) is 126 Å². The van der Waals surface area contributed by atoms with E-state index in [1.54, 1.807) is 11.7 Å². The summed E-state index contributed by atoms with van der Waals surface area (Å²) in [6.07, 6.45) is 2.20. The number of carbonyl (C=O) groups is 1. The van der Waals surface area contributed by atoms with Crippen molar-refractivity contribution in [1.29, 1.82) is 0 Å². The van der Waals surface area contributed by atoms with Crippen LogP contribution in [0.15, 0.2) is 46.2 Å². The van der Waals surface area contributed by atoms with Crippen molar-refractivity contribution in [1.82, 2.24) is 28.9 Å². The van der Waals surface area contributed by atoms with E-state index < -0.39 is 23.7 Å². The molecular formula is C21H23N7O4S. The van der Waals surface area contributed by atoms with Crippen LogP contribution in [-0.2, 0) is 35.6 Å². The molecule has 4 rings (SSSR count). The summed E-state index contributed by atoms with van der Waals surface area (Å²) in [7, 11) is 1.56. The lowest BCUT2D eigenvalue weighted by Crippen LogP contribution is -2.43. The Bertz CT molecular complexity index is 1390. The van der Waals surface area contributed by atoms with E-state index in [1.165, 1.54) is 22.2 Å². The number of amides is 1. The Morgan fingerprint density at radius 1 is 1.15 bits per heavy atom. The van der Waals surface area contributed by atoms with Crippen molar-refractivity contribution in [3.05, 3.63) is 68.1 Å². The minimum atomic E-state index is -0.616. The van der Waals surface area contributed by atoms with Crippen molar-refractivity contribution in [3.63, 3.8) is 0 Å². The number of nitrogens with one attached hydrogen (secondary N) is 1. The maximum absolute atomic E-state index is 13.3. The van der Waals surface area contributed by atoms with Gasteiger partial charge in [-0.1, -0.05) is 48.6 Å². The number of ether oxygens (including phenoxy) is 1. The molecule has 0 radical (unpaired) electrons. The molecular weight excluding hydrogens is 446 g/mol. The molecule has 12 heteroatoms. The van der Waals surface area contributed by atoms with Crippen LogP contribution in [-0.4, -0.2) is 48.5 Å². The van der Waals surface area contributed by atoms with Gasteiger partial charge in [-0.3, -0.25) is 19.5 Å². The molecule has 33 heavy (non-hydrogen) atoms. The van der Waals surface area contributed by atoms with Gasteiger partial charge < -0.3 is 9.30 Å². The summed E-state index contributed by atoms with van der Waals surface area (Å²) in [4.78, 5) is 43.6. The number of rotatable bonds is 9. The minimum Gasteiger partial charge on any atom is -0.383 e. The first-order chi connectivity index (χ1) is 16.0. The minimum absolute atomic E-state index is 0.204. The van der Waals surface area contributed by atoms with Gasteiger partial charge in [0, 0.05) is 13.7 Å². The van der Waals surface area contributed by atoms with Gasteiger partial charge in [-0.15, -0.1) is 10.2 Å². The van der Waals surface area contributed by atoms with E-state index in [-0.39, 0.29) is 17.7 Å².